The molecule has 0 aliphatic carbocycles. The number of halogens is 2. The van der Waals surface area contributed by atoms with Gasteiger partial charge < -0.3 is 5.73 Å². The first-order valence-electron chi connectivity index (χ1n) is 6.74. The summed E-state index contributed by atoms with van der Waals surface area (Å²) in [6.07, 6.45) is 1.75. The largest absolute Gasteiger partial charge is 0.321 e. The van der Waals surface area contributed by atoms with Crippen LogP contribution in [0.25, 0.3) is 0 Å². The molecule has 106 valence electrons. The minimum Gasteiger partial charge on any atom is -0.321 e. The van der Waals surface area contributed by atoms with E-state index >= 15 is 0 Å². The molecule has 0 radical (unpaired) electrons. The van der Waals surface area contributed by atoms with Crippen LogP contribution in [0.15, 0.2) is 46.9 Å². The zero-order valence-corrected chi connectivity index (χ0v) is 14.1. The predicted octanol–water partition coefficient (Wildman–Crippen LogP) is 5.08. The molecule has 2 N–H and O–H groups in total. The van der Waals surface area contributed by atoms with Gasteiger partial charge >= 0.3 is 0 Å². The van der Waals surface area contributed by atoms with Crippen molar-refractivity contribution in [2.45, 2.75) is 32.2 Å². The Hall–Kier alpha value is -0.830. The number of hydrogen-bond acceptors (Lipinski definition) is 1. The number of aryl methyl sites for hydroxylation is 1. The van der Waals surface area contributed by atoms with Crippen LogP contribution in [0.4, 0.5) is 0 Å². The van der Waals surface area contributed by atoms with E-state index in [0.717, 1.165) is 27.0 Å². The second kappa shape index (κ2) is 6.30. The zero-order valence-electron chi connectivity index (χ0n) is 11.8. The normalized spacial score (nSPS) is 14.1. The fraction of sp³-hybridized carbons (Fsp3) is 0.294. The summed E-state index contributed by atoms with van der Waals surface area (Å²) >= 11 is 9.71. The van der Waals surface area contributed by atoms with Gasteiger partial charge in [-0.1, -0.05) is 64.8 Å². The summed E-state index contributed by atoms with van der Waals surface area (Å²) in [5.74, 6) is 0. The third kappa shape index (κ3) is 3.63. The molecule has 0 fully saturated rings. The van der Waals surface area contributed by atoms with E-state index < -0.39 is 5.54 Å². The molecular formula is C17H19BrClN. The van der Waals surface area contributed by atoms with Crippen LogP contribution in [0.1, 0.15) is 30.5 Å². The first-order chi connectivity index (χ1) is 9.42. The quantitative estimate of drug-likeness (QED) is 0.815. The van der Waals surface area contributed by atoms with E-state index in [2.05, 4.69) is 47.1 Å². The van der Waals surface area contributed by atoms with Gasteiger partial charge in [0.2, 0.25) is 0 Å². The van der Waals surface area contributed by atoms with E-state index in [-0.39, 0.29) is 0 Å². The molecule has 0 aliphatic heterocycles. The maximum absolute atomic E-state index is 6.50. The predicted molar refractivity (Wildman–Crippen MR) is 90.2 cm³/mol. The van der Waals surface area contributed by atoms with E-state index in [0.29, 0.717) is 6.42 Å². The third-order valence-corrected chi connectivity index (χ3v) is 4.44. The van der Waals surface area contributed by atoms with Crippen LogP contribution in [0.3, 0.4) is 0 Å². The van der Waals surface area contributed by atoms with Crippen LogP contribution in [0.5, 0.6) is 0 Å². The summed E-state index contributed by atoms with van der Waals surface area (Å²) in [4.78, 5) is 0. The Morgan fingerprint density at radius 1 is 1.15 bits per heavy atom. The molecule has 0 aliphatic rings. The first-order valence-corrected chi connectivity index (χ1v) is 7.91. The molecule has 2 aromatic carbocycles. The smallest absolute Gasteiger partial charge is 0.0450 e. The fourth-order valence-corrected chi connectivity index (χ4v) is 3.02. The Labute approximate surface area is 134 Å². The van der Waals surface area contributed by atoms with Gasteiger partial charge in [0.25, 0.3) is 0 Å². The molecular weight excluding hydrogens is 334 g/mol. The van der Waals surface area contributed by atoms with Gasteiger partial charge in [-0.25, -0.2) is 0 Å². The fourth-order valence-electron chi connectivity index (χ4n) is 2.28. The lowest BCUT2D eigenvalue weighted by Gasteiger charge is -2.26. The van der Waals surface area contributed by atoms with Gasteiger partial charge in [0, 0.05) is 15.0 Å². The molecule has 0 amide bonds. The lowest BCUT2D eigenvalue weighted by molar-refractivity contribution is 0.491. The number of nitrogens with two attached hydrogens (primary N) is 1. The minimum atomic E-state index is -0.427. The van der Waals surface area contributed by atoms with Crippen LogP contribution in [0, 0.1) is 0 Å². The molecule has 0 aromatic heterocycles. The van der Waals surface area contributed by atoms with Crippen LogP contribution in [-0.4, -0.2) is 0 Å². The van der Waals surface area contributed by atoms with E-state index in [9.17, 15) is 0 Å². The topological polar surface area (TPSA) is 26.0 Å². The highest BCUT2D eigenvalue weighted by Gasteiger charge is 2.22. The van der Waals surface area contributed by atoms with Gasteiger partial charge in [-0.2, -0.15) is 0 Å². The molecule has 3 heteroatoms. The van der Waals surface area contributed by atoms with Crippen LogP contribution < -0.4 is 5.73 Å². The van der Waals surface area contributed by atoms with Crippen molar-refractivity contribution in [2.75, 3.05) is 0 Å². The van der Waals surface area contributed by atoms with Crippen molar-refractivity contribution in [3.63, 3.8) is 0 Å². The second-order valence-electron chi connectivity index (χ2n) is 5.38. The van der Waals surface area contributed by atoms with E-state index in [1.54, 1.807) is 0 Å². The Kier molecular flexibility index (Phi) is 4.90. The lowest BCUT2D eigenvalue weighted by Crippen LogP contribution is -2.35. The maximum atomic E-state index is 6.50. The molecule has 0 heterocycles. The Balaban J connectivity index is 2.25. The summed E-state index contributed by atoms with van der Waals surface area (Å²) in [6.45, 7) is 4.20. The van der Waals surface area contributed by atoms with Gasteiger partial charge in [0.1, 0.15) is 0 Å². The lowest BCUT2D eigenvalue weighted by atomic mass is 9.86. The van der Waals surface area contributed by atoms with Crippen molar-refractivity contribution in [2.24, 2.45) is 5.73 Å². The summed E-state index contributed by atoms with van der Waals surface area (Å²) in [5.41, 5.74) is 9.60. The zero-order chi connectivity index (χ0) is 14.8. The molecule has 0 saturated heterocycles. The average molecular weight is 353 g/mol. The number of hydrogen-bond donors (Lipinski definition) is 1. The summed E-state index contributed by atoms with van der Waals surface area (Å²) in [6, 6.07) is 14.5. The number of rotatable bonds is 4. The van der Waals surface area contributed by atoms with Crippen molar-refractivity contribution in [1.29, 1.82) is 0 Å². The van der Waals surface area contributed by atoms with Crippen molar-refractivity contribution in [1.82, 2.24) is 0 Å². The number of benzene rings is 2. The summed E-state index contributed by atoms with van der Waals surface area (Å²) in [5, 5.41) is 0.751. The van der Waals surface area contributed by atoms with Crippen LogP contribution >= 0.6 is 27.5 Å². The summed E-state index contributed by atoms with van der Waals surface area (Å²) < 4.78 is 0.984. The highest BCUT2D eigenvalue weighted by atomic mass is 79.9. The average Bonchev–Trinajstić information content (AvgIpc) is 2.42. The molecule has 2 aromatic rings. The van der Waals surface area contributed by atoms with Crippen molar-refractivity contribution < 1.29 is 0 Å². The minimum absolute atomic E-state index is 0.427. The van der Waals surface area contributed by atoms with E-state index in [1.165, 1.54) is 5.56 Å². The van der Waals surface area contributed by atoms with Gasteiger partial charge in [-0.05, 0) is 48.6 Å². The molecule has 1 nitrogen and oxygen atoms in total. The third-order valence-electron chi connectivity index (χ3n) is 3.59. The van der Waals surface area contributed by atoms with Gasteiger partial charge in [0.05, 0.1) is 0 Å². The molecule has 1 unspecified atom stereocenters. The monoisotopic (exact) mass is 351 g/mol. The van der Waals surface area contributed by atoms with E-state index in [1.807, 2.05) is 25.1 Å². The van der Waals surface area contributed by atoms with Crippen molar-refractivity contribution >= 4 is 27.5 Å². The van der Waals surface area contributed by atoms with Gasteiger partial charge in [-0.15, -0.1) is 0 Å². The van der Waals surface area contributed by atoms with Gasteiger partial charge in [-0.3, -0.25) is 0 Å². The summed E-state index contributed by atoms with van der Waals surface area (Å²) in [7, 11) is 0. The van der Waals surface area contributed by atoms with Crippen LogP contribution in [0.2, 0.25) is 5.02 Å². The maximum Gasteiger partial charge on any atom is 0.0450 e. The Morgan fingerprint density at radius 3 is 2.35 bits per heavy atom. The molecule has 0 spiro atoms. The SMILES string of the molecule is CCc1ccc(C(C)(N)Cc2ccc(Br)cc2Cl)cc1. The second-order valence-corrected chi connectivity index (χ2v) is 6.70. The molecule has 0 saturated carbocycles. The molecule has 2 rings (SSSR count). The van der Waals surface area contributed by atoms with E-state index in [4.69, 9.17) is 17.3 Å². The Bertz CT molecular complexity index is 590. The van der Waals surface area contributed by atoms with Crippen molar-refractivity contribution in [3.8, 4) is 0 Å². The van der Waals surface area contributed by atoms with Gasteiger partial charge in [0.15, 0.2) is 0 Å². The van der Waals surface area contributed by atoms with Crippen LogP contribution in [-0.2, 0) is 18.4 Å². The highest BCUT2D eigenvalue weighted by Crippen LogP contribution is 2.28. The first kappa shape index (κ1) is 15.6. The Morgan fingerprint density at radius 2 is 1.80 bits per heavy atom. The highest BCUT2D eigenvalue weighted by molar-refractivity contribution is 9.10. The standard InChI is InChI=1S/C17H19BrClN/c1-3-12-4-7-14(8-5-12)17(2,20)11-13-6-9-15(18)10-16(13)19/h4-10H,3,11,20H2,1-2H3. The molecule has 20 heavy (non-hydrogen) atoms. The molecule has 1 atom stereocenters. The molecule has 0 bridgehead atoms. The van der Waals surface area contributed by atoms with Crippen molar-refractivity contribution in [3.05, 3.63) is 68.7 Å².